The topological polar surface area (TPSA) is 0 Å². The Labute approximate surface area is 90.3 Å². The Morgan fingerprint density at radius 3 is 2.27 bits per heavy atom. The zero-order valence-corrected chi connectivity index (χ0v) is 10.1. The average molecular weight is 224 g/mol. The number of rotatable bonds is 1. The summed E-state index contributed by atoms with van der Waals surface area (Å²) in [6, 6.07) is 6.43. The lowest BCUT2D eigenvalue weighted by Crippen LogP contribution is -2.16. The predicted molar refractivity (Wildman–Crippen MR) is 61.6 cm³/mol. The van der Waals surface area contributed by atoms with Crippen molar-refractivity contribution in [2.75, 3.05) is 0 Å². The molecule has 0 nitrogen and oxygen atoms in total. The number of hydrogen-bond donors (Lipinski definition) is 0. The lowest BCUT2D eigenvalue weighted by molar-refractivity contribution is 0.151. The first-order chi connectivity index (χ1) is 6.90. The fourth-order valence-electron chi connectivity index (χ4n) is 1.06. The Morgan fingerprint density at radius 2 is 1.73 bits per heavy atom. The number of benzene rings is 1. The van der Waals surface area contributed by atoms with E-state index in [-0.39, 0.29) is 5.56 Å². The van der Waals surface area contributed by atoms with Gasteiger partial charge in [-0.05, 0) is 6.07 Å². The molecule has 0 heterocycles. The fraction of sp³-hybridized carbons (Fsp3) is 0.333. The molecule has 0 atom stereocenters. The molecule has 0 saturated carbocycles. The third-order valence-corrected chi connectivity index (χ3v) is 2.64. The monoisotopic (exact) mass is 224 g/mol. The molecule has 0 bridgehead atoms. The van der Waals surface area contributed by atoms with Gasteiger partial charge in [0.15, 0.2) is 0 Å². The molecular formula is C12H14F2Si. The van der Waals surface area contributed by atoms with Gasteiger partial charge in [-0.2, -0.15) is 0 Å². The van der Waals surface area contributed by atoms with Crippen LogP contribution in [0.2, 0.25) is 19.6 Å². The molecule has 3 heteroatoms. The van der Waals surface area contributed by atoms with Crippen LogP contribution < -0.4 is 0 Å². The van der Waals surface area contributed by atoms with Gasteiger partial charge in [0.05, 0.1) is 0 Å². The van der Waals surface area contributed by atoms with Crippen LogP contribution >= 0.6 is 0 Å². The van der Waals surface area contributed by atoms with Crippen LogP contribution in [0, 0.1) is 11.5 Å². The second-order valence-corrected chi connectivity index (χ2v) is 9.14. The molecule has 0 radical (unpaired) electrons. The van der Waals surface area contributed by atoms with E-state index >= 15 is 0 Å². The number of alkyl halides is 2. The third kappa shape index (κ3) is 3.84. The minimum Gasteiger partial charge on any atom is -0.205 e. The van der Waals surface area contributed by atoms with Crippen LogP contribution in [-0.4, -0.2) is 8.07 Å². The van der Waals surface area contributed by atoms with Crippen LogP contribution in [0.1, 0.15) is 17.6 Å². The van der Waals surface area contributed by atoms with E-state index in [0.29, 0.717) is 5.56 Å². The molecular weight excluding hydrogens is 210 g/mol. The van der Waals surface area contributed by atoms with Crippen molar-refractivity contribution in [3.05, 3.63) is 35.4 Å². The quantitative estimate of drug-likeness (QED) is 0.502. The van der Waals surface area contributed by atoms with Gasteiger partial charge in [-0.15, -0.1) is 5.54 Å². The summed E-state index contributed by atoms with van der Waals surface area (Å²) in [5.74, 6) is 2.87. The lowest BCUT2D eigenvalue weighted by atomic mass is 10.1. The molecule has 0 aliphatic rings. The number of hydrogen-bond acceptors (Lipinski definition) is 0. The lowest BCUT2D eigenvalue weighted by Gasteiger charge is -2.05. The molecule has 0 N–H and O–H groups in total. The first-order valence-corrected chi connectivity index (χ1v) is 8.30. The zero-order chi connectivity index (χ0) is 11.5. The van der Waals surface area contributed by atoms with Crippen LogP contribution in [0.4, 0.5) is 8.78 Å². The highest BCUT2D eigenvalue weighted by atomic mass is 28.3. The third-order valence-electron chi connectivity index (χ3n) is 1.77. The summed E-state index contributed by atoms with van der Waals surface area (Å²) in [6.07, 6.45) is -2.45. The summed E-state index contributed by atoms with van der Waals surface area (Å²) in [7, 11) is -1.50. The van der Waals surface area contributed by atoms with Gasteiger partial charge in [0.2, 0.25) is 0 Å². The second-order valence-electron chi connectivity index (χ2n) is 4.39. The van der Waals surface area contributed by atoms with Crippen molar-refractivity contribution < 1.29 is 8.78 Å². The Kier molecular flexibility index (Phi) is 3.65. The second kappa shape index (κ2) is 4.58. The largest absolute Gasteiger partial charge is 0.265 e. The van der Waals surface area contributed by atoms with Gasteiger partial charge in [-0.1, -0.05) is 43.8 Å². The Hall–Kier alpha value is -1.14. The summed E-state index contributed by atoms with van der Waals surface area (Å²) in [5, 5.41) is 0. The highest BCUT2D eigenvalue weighted by molar-refractivity contribution is 6.83. The molecule has 1 aromatic rings. The Balaban J connectivity index is 3.08. The van der Waals surface area contributed by atoms with Gasteiger partial charge in [-0.25, -0.2) is 8.78 Å². The SMILES string of the molecule is C[Si](C)(C)C#Cc1ccccc1C(F)F. The molecule has 1 rings (SSSR count). The van der Waals surface area contributed by atoms with Crippen LogP contribution in [0.5, 0.6) is 0 Å². The summed E-state index contributed by atoms with van der Waals surface area (Å²) >= 11 is 0. The Morgan fingerprint density at radius 1 is 1.13 bits per heavy atom. The highest BCUT2D eigenvalue weighted by Crippen LogP contribution is 2.21. The van der Waals surface area contributed by atoms with Crippen molar-refractivity contribution in [2.45, 2.75) is 26.1 Å². The first-order valence-electron chi connectivity index (χ1n) is 4.80. The molecule has 80 valence electrons. The van der Waals surface area contributed by atoms with Gasteiger partial charge in [-0.3, -0.25) is 0 Å². The van der Waals surface area contributed by atoms with Crippen molar-refractivity contribution in [1.82, 2.24) is 0 Å². The van der Waals surface area contributed by atoms with E-state index in [0.717, 1.165) is 0 Å². The standard InChI is InChI=1S/C12H14F2Si/c1-15(2,3)9-8-10-6-4-5-7-11(10)12(13)14/h4-7,12H,1-3H3. The first kappa shape index (κ1) is 11.9. The zero-order valence-electron chi connectivity index (χ0n) is 9.14. The molecule has 0 aromatic heterocycles. The Bertz CT molecular complexity index is 394. The summed E-state index contributed by atoms with van der Waals surface area (Å²) in [6.45, 7) is 6.26. The van der Waals surface area contributed by atoms with Gasteiger partial charge in [0, 0.05) is 11.1 Å². The van der Waals surface area contributed by atoms with Crippen molar-refractivity contribution in [2.24, 2.45) is 0 Å². The maximum atomic E-state index is 12.6. The molecule has 0 amide bonds. The van der Waals surface area contributed by atoms with E-state index in [4.69, 9.17) is 0 Å². The predicted octanol–water partition coefficient (Wildman–Crippen LogP) is 3.85. The smallest absolute Gasteiger partial charge is 0.205 e. The van der Waals surface area contributed by atoms with Gasteiger partial charge >= 0.3 is 0 Å². The van der Waals surface area contributed by atoms with E-state index in [2.05, 4.69) is 31.1 Å². The summed E-state index contributed by atoms with van der Waals surface area (Å²) < 4.78 is 25.2. The van der Waals surface area contributed by atoms with Gasteiger partial charge < -0.3 is 0 Å². The molecule has 0 aliphatic heterocycles. The fourth-order valence-corrected chi connectivity index (χ4v) is 1.57. The van der Waals surface area contributed by atoms with Gasteiger partial charge in [0.25, 0.3) is 6.43 Å². The van der Waals surface area contributed by atoms with Gasteiger partial charge in [0.1, 0.15) is 8.07 Å². The minimum absolute atomic E-state index is 0.0308. The summed E-state index contributed by atoms with van der Waals surface area (Å²) in [4.78, 5) is 0. The van der Waals surface area contributed by atoms with Crippen molar-refractivity contribution in [1.29, 1.82) is 0 Å². The van der Waals surface area contributed by atoms with E-state index in [9.17, 15) is 8.78 Å². The van der Waals surface area contributed by atoms with E-state index in [1.54, 1.807) is 18.2 Å². The molecule has 0 unspecified atom stereocenters. The minimum atomic E-state index is -2.45. The van der Waals surface area contributed by atoms with Crippen LogP contribution in [0.3, 0.4) is 0 Å². The molecule has 0 aliphatic carbocycles. The van der Waals surface area contributed by atoms with Crippen molar-refractivity contribution >= 4 is 8.07 Å². The highest BCUT2D eigenvalue weighted by Gasteiger charge is 2.12. The summed E-state index contributed by atoms with van der Waals surface area (Å²) in [5.41, 5.74) is 3.57. The van der Waals surface area contributed by atoms with Crippen LogP contribution in [0.25, 0.3) is 0 Å². The molecule has 0 saturated heterocycles. The average Bonchev–Trinajstić information content (AvgIpc) is 2.14. The maximum Gasteiger partial charge on any atom is 0.265 e. The number of halogens is 2. The van der Waals surface area contributed by atoms with E-state index < -0.39 is 14.5 Å². The molecule has 15 heavy (non-hydrogen) atoms. The molecule has 0 fully saturated rings. The maximum absolute atomic E-state index is 12.6. The van der Waals surface area contributed by atoms with E-state index in [1.807, 2.05) is 0 Å². The normalized spacial score (nSPS) is 11.1. The van der Waals surface area contributed by atoms with Crippen molar-refractivity contribution in [3.63, 3.8) is 0 Å². The van der Waals surface area contributed by atoms with Crippen LogP contribution in [-0.2, 0) is 0 Å². The van der Waals surface area contributed by atoms with E-state index in [1.165, 1.54) is 6.07 Å². The van der Waals surface area contributed by atoms with Crippen LogP contribution in [0.15, 0.2) is 24.3 Å². The molecule has 1 aromatic carbocycles. The van der Waals surface area contributed by atoms with Crippen molar-refractivity contribution in [3.8, 4) is 11.5 Å². The molecule has 0 spiro atoms.